The van der Waals surface area contributed by atoms with Gasteiger partial charge in [-0.05, 0) is 67.6 Å². The minimum absolute atomic E-state index is 0.0133. The van der Waals surface area contributed by atoms with Gasteiger partial charge in [-0.25, -0.2) is 0 Å². The van der Waals surface area contributed by atoms with Crippen LogP contribution in [0.5, 0.6) is 11.5 Å². The molecule has 2 fully saturated rings. The third-order valence-corrected chi connectivity index (χ3v) is 9.55. The molecule has 210 valence electrons. The summed E-state index contributed by atoms with van der Waals surface area (Å²) in [4.78, 5) is 17.1. The Balaban J connectivity index is 1.36. The molecule has 2 aliphatic heterocycles. The molecule has 9 heteroatoms. The molecule has 6 rings (SSSR count). The summed E-state index contributed by atoms with van der Waals surface area (Å²) in [6.07, 6.45) is -1.58. The van der Waals surface area contributed by atoms with Crippen LogP contribution >= 0.6 is 0 Å². The number of likely N-dealkylation sites (tertiary alicyclic amines) is 1. The molecule has 0 aromatic heterocycles. The number of piperidine rings is 1. The summed E-state index contributed by atoms with van der Waals surface area (Å²) < 4.78 is 45.2. The molecule has 6 nitrogen and oxygen atoms in total. The summed E-state index contributed by atoms with van der Waals surface area (Å²) in [7, 11) is 1.65. The number of phenols is 1. The van der Waals surface area contributed by atoms with Gasteiger partial charge in [0.15, 0.2) is 11.5 Å². The van der Waals surface area contributed by atoms with Gasteiger partial charge in [-0.15, -0.1) is 6.58 Å². The Morgan fingerprint density at radius 3 is 2.67 bits per heavy atom. The minimum atomic E-state index is -4.45. The monoisotopic (exact) mass is 552 g/mol. The predicted molar refractivity (Wildman–Crippen MR) is 142 cm³/mol. The van der Waals surface area contributed by atoms with Crippen molar-refractivity contribution >= 4 is 5.91 Å². The zero-order chi connectivity index (χ0) is 28.6. The number of phenolic OH excluding ortho intramolecular Hbond substituents is 1. The van der Waals surface area contributed by atoms with E-state index < -0.39 is 40.8 Å². The number of rotatable bonds is 3. The van der Waals surface area contributed by atoms with Crippen molar-refractivity contribution in [3.63, 3.8) is 0 Å². The van der Waals surface area contributed by atoms with E-state index >= 15 is 0 Å². The summed E-state index contributed by atoms with van der Waals surface area (Å²) in [6.45, 7) is 7.24. The molecule has 0 radical (unpaired) electrons. The van der Waals surface area contributed by atoms with Gasteiger partial charge in [0.1, 0.15) is 6.10 Å². The summed E-state index contributed by atoms with van der Waals surface area (Å²) in [6, 6.07) is 7.26. The first-order chi connectivity index (χ1) is 18.9. The second-order valence-electron chi connectivity index (χ2n) is 11.5. The smallest absolute Gasteiger partial charge is 0.416 e. The standard InChI is InChI=1S/C31H31F3N2O4/c1-4-14-36-15-13-29-25-20-8-11-22(37)27(25)40-28(29)26(18(2)17-30(29,39)23(36)16-20)35(3)24(38)12-7-19-5-9-21(10-6-19)31(32,33)34/h4-6,8-11,18,23,26,28,37,39H,1,13-17H2,2-3H3/t18-,23-,26-,28+,29+,30-/m1/s1. The van der Waals surface area contributed by atoms with Gasteiger partial charge in [0, 0.05) is 36.7 Å². The number of halogens is 3. The highest BCUT2D eigenvalue weighted by Crippen LogP contribution is 2.66. The van der Waals surface area contributed by atoms with E-state index in [-0.39, 0.29) is 17.7 Å². The number of benzene rings is 2. The molecule has 2 heterocycles. The van der Waals surface area contributed by atoms with Crippen LogP contribution in [-0.4, -0.2) is 69.8 Å². The molecular formula is C31H31F3N2O4. The van der Waals surface area contributed by atoms with Gasteiger partial charge in [-0.2, -0.15) is 13.2 Å². The third kappa shape index (κ3) is 3.62. The number of aromatic hydroxyl groups is 1. The molecule has 1 amide bonds. The lowest BCUT2D eigenvalue weighted by molar-refractivity contribution is -0.210. The van der Waals surface area contributed by atoms with Gasteiger partial charge in [0.25, 0.3) is 5.91 Å². The number of hydrogen-bond acceptors (Lipinski definition) is 5. The number of aliphatic hydroxyl groups is 1. The summed E-state index contributed by atoms with van der Waals surface area (Å²) in [5, 5.41) is 23.4. The third-order valence-electron chi connectivity index (χ3n) is 9.55. The fourth-order valence-corrected chi connectivity index (χ4v) is 7.94. The molecule has 0 unspecified atom stereocenters. The average Bonchev–Trinajstić information content (AvgIpc) is 3.24. The highest BCUT2D eigenvalue weighted by atomic mass is 19.4. The fraction of sp³-hybridized carbons (Fsp3) is 0.452. The van der Waals surface area contributed by atoms with Crippen molar-refractivity contribution in [3.8, 4) is 23.3 Å². The SMILES string of the molecule is C=CCN1CC[C@]23c4c5ccc(O)c4O[C@H]2[C@H](N(C)C(=O)C#Cc2ccc(C(F)(F)F)cc2)[C@H](C)C[C@@]3(O)[C@H]1C5. The second-order valence-corrected chi connectivity index (χ2v) is 11.5. The number of carbonyl (C=O) groups is 1. The first-order valence-electron chi connectivity index (χ1n) is 13.5. The highest BCUT2D eigenvalue weighted by Gasteiger charge is 2.74. The van der Waals surface area contributed by atoms with Crippen LogP contribution < -0.4 is 4.74 Å². The number of amides is 1. The molecular weight excluding hydrogens is 521 g/mol. The number of likely N-dealkylation sites (N-methyl/N-ethyl adjacent to an activating group) is 1. The van der Waals surface area contributed by atoms with Crippen LogP contribution in [0.25, 0.3) is 0 Å². The highest BCUT2D eigenvalue weighted by molar-refractivity contribution is 5.94. The molecule has 1 spiro atoms. The Hall–Kier alpha value is -3.48. The second kappa shape index (κ2) is 9.02. The van der Waals surface area contributed by atoms with Gasteiger partial charge in [-0.3, -0.25) is 9.69 Å². The number of ether oxygens (including phenoxy) is 1. The number of hydrogen-bond donors (Lipinski definition) is 2. The first-order valence-corrected chi connectivity index (χ1v) is 13.5. The zero-order valence-electron chi connectivity index (χ0n) is 22.3. The molecule has 2 aromatic carbocycles. The lowest BCUT2D eigenvalue weighted by atomic mass is 9.46. The van der Waals surface area contributed by atoms with Crippen LogP contribution in [0.1, 0.15) is 42.0 Å². The van der Waals surface area contributed by atoms with Gasteiger partial charge in [0.05, 0.1) is 22.6 Å². The molecule has 6 atom stereocenters. The van der Waals surface area contributed by atoms with E-state index in [9.17, 15) is 28.2 Å². The topological polar surface area (TPSA) is 73.2 Å². The van der Waals surface area contributed by atoms with Gasteiger partial charge in [-0.1, -0.05) is 25.0 Å². The average molecular weight is 553 g/mol. The Labute approximate surface area is 231 Å². The number of carbonyl (C=O) groups excluding carboxylic acids is 1. The summed E-state index contributed by atoms with van der Waals surface area (Å²) in [5.41, 5.74) is -0.565. The van der Waals surface area contributed by atoms with Gasteiger partial charge >= 0.3 is 6.18 Å². The normalized spacial score (nSPS) is 31.9. The Morgan fingerprint density at radius 2 is 2.00 bits per heavy atom. The quantitative estimate of drug-likeness (QED) is 0.447. The van der Waals surface area contributed by atoms with Gasteiger partial charge < -0.3 is 19.8 Å². The molecule has 1 saturated carbocycles. The van der Waals surface area contributed by atoms with Gasteiger partial charge in [0.2, 0.25) is 0 Å². The lowest BCUT2D eigenvalue weighted by Gasteiger charge is -2.65. The molecule has 40 heavy (non-hydrogen) atoms. The first kappa shape index (κ1) is 26.7. The van der Waals surface area contributed by atoms with Crippen molar-refractivity contribution in [1.29, 1.82) is 0 Å². The Morgan fingerprint density at radius 1 is 1.27 bits per heavy atom. The van der Waals surface area contributed by atoms with Crippen molar-refractivity contribution in [3.05, 3.63) is 71.3 Å². The molecule has 4 aliphatic rings. The maximum atomic E-state index is 13.4. The lowest BCUT2D eigenvalue weighted by Crippen LogP contribution is -2.79. The van der Waals surface area contributed by atoms with Crippen LogP contribution in [0.15, 0.2) is 49.1 Å². The van der Waals surface area contributed by atoms with E-state index in [1.807, 2.05) is 19.1 Å². The summed E-state index contributed by atoms with van der Waals surface area (Å²) >= 11 is 0. The van der Waals surface area contributed by atoms with E-state index in [4.69, 9.17) is 4.74 Å². The number of alkyl halides is 3. The van der Waals surface area contributed by atoms with Crippen molar-refractivity contribution in [1.82, 2.24) is 9.80 Å². The van der Waals surface area contributed by atoms with Crippen molar-refractivity contribution < 1.29 is 32.9 Å². The predicted octanol–water partition coefficient (Wildman–Crippen LogP) is 3.88. The number of nitrogens with zero attached hydrogens (tertiary/aromatic N) is 2. The summed E-state index contributed by atoms with van der Waals surface area (Å²) in [5.74, 6) is 4.99. The molecule has 2 N–H and O–H groups in total. The van der Waals surface area contributed by atoms with E-state index in [0.717, 1.165) is 23.3 Å². The van der Waals surface area contributed by atoms with Crippen LogP contribution in [0, 0.1) is 17.8 Å². The van der Waals surface area contributed by atoms with Crippen molar-refractivity contribution in [2.24, 2.45) is 5.92 Å². The van der Waals surface area contributed by atoms with E-state index in [1.165, 1.54) is 17.0 Å². The molecule has 1 saturated heterocycles. The zero-order valence-corrected chi connectivity index (χ0v) is 22.3. The van der Waals surface area contributed by atoms with Crippen LogP contribution in [0.4, 0.5) is 13.2 Å². The van der Waals surface area contributed by atoms with E-state index in [1.54, 1.807) is 13.1 Å². The Kier molecular flexibility index (Phi) is 6.02. The molecule has 2 bridgehead atoms. The maximum Gasteiger partial charge on any atom is 0.416 e. The largest absolute Gasteiger partial charge is 0.504 e. The van der Waals surface area contributed by atoms with Crippen LogP contribution in [0.3, 0.4) is 0 Å². The van der Waals surface area contributed by atoms with E-state index in [0.29, 0.717) is 43.7 Å². The fourth-order valence-electron chi connectivity index (χ4n) is 7.94. The maximum absolute atomic E-state index is 13.4. The van der Waals surface area contributed by atoms with Crippen molar-refractivity contribution in [2.75, 3.05) is 20.1 Å². The van der Waals surface area contributed by atoms with Crippen LogP contribution in [-0.2, 0) is 22.8 Å². The van der Waals surface area contributed by atoms with Crippen molar-refractivity contribution in [2.45, 2.75) is 61.6 Å². The van der Waals surface area contributed by atoms with Crippen LogP contribution in [0.2, 0.25) is 0 Å². The Bertz CT molecular complexity index is 1450. The molecule has 2 aromatic rings. The molecule has 2 aliphatic carbocycles. The minimum Gasteiger partial charge on any atom is -0.504 e. The van der Waals surface area contributed by atoms with E-state index in [2.05, 4.69) is 23.3 Å².